The van der Waals surface area contributed by atoms with Crippen LogP contribution in [-0.2, 0) is 6.42 Å². The molecule has 0 aliphatic carbocycles. The van der Waals surface area contributed by atoms with Gasteiger partial charge in [0.15, 0.2) is 0 Å². The van der Waals surface area contributed by atoms with Crippen molar-refractivity contribution < 1.29 is 8.78 Å². The fourth-order valence-corrected chi connectivity index (χ4v) is 2.34. The third kappa shape index (κ3) is 3.46. The molecule has 2 nitrogen and oxygen atoms in total. The van der Waals surface area contributed by atoms with E-state index < -0.39 is 17.7 Å². The van der Waals surface area contributed by atoms with E-state index in [0.717, 1.165) is 0 Å². The van der Waals surface area contributed by atoms with Gasteiger partial charge in [-0.2, -0.15) is 0 Å². The summed E-state index contributed by atoms with van der Waals surface area (Å²) in [6.07, 6.45) is 0.240. The summed E-state index contributed by atoms with van der Waals surface area (Å²) in [5.74, 6) is 4.61. The smallest absolute Gasteiger partial charge is 0.128 e. The van der Waals surface area contributed by atoms with Gasteiger partial charge in [-0.05, 0) is 48.4 Å². The van der Waals surface area contributed by atoms with Crippen molar-refractivity contribution in [1.29, 1.82) is 0 Å². The van der Waals surface area contributed by atoms with Crippen LogP contribution in [-0.4, -0.2) is 0 Å². The van der Waals surface area contributed by atoms with Crippen molar-refractivity contribution in [3.63, 3.8) is 0 Å². The number of nitrogens with two attached hydrogens (primary N) is 1. The maximum Gasteiger partial charge on any atom is 0.128 e. The van der Waals surface area contributed by atoms with Gasteiger partial charge in [0.1, 0.15) is 11.6 Å². The van der Waals surface area contributed by atoms with Gasteiger partial charge < -0.3 is 0 Å². The number of rotatable bonds is 4. The number of benzene rings is 2. The van der Waals surface area contributed by atoms with Crippen LogP contribution in [0.2, 0.25) is 10.0 Å². The molecule has 0 fully saturated rings. The third-order valence-corrected chi connectivity index (χ3v) is 3.57. The van der Waals surface area contributed by atoms with Crippen LogP contribution in [0.5, 0.6) is 0 Å². The van der Waals surface area contributed by atoms with E-state index in [1.165, 1.54) is 36.4 Å². The van der Waals surface area contributed by atoms with E-state index in [0.29, 0.717) is 21.2 Å². The number of hydrogen-bond donors (Lipinski definition) is 2. The zero-order valence-electron chi connectivity index (χ0n) is 10.3. The molecular formula is C14H12Cl2F2N2. The van der Waals surface area contributed by atoms with Gasteiger partial charge in [0.05, 0.1) is 6.04 Å². The topological polar surface area (TPSA) is 38.0 Å². The highest BCUT2D eigenvalue weighted by Gasteiger charge is 2.17. The van der Waals surface area contributed by atoms with E-state index >= 15 is 0 Å². The van der Waals surface area contributed by atoms with Crippen LogP contribution in [0.4, 0.5) is 8.78 Å². The van der Waals surface area contributed by atoms with Crippen LogP contribution in [0.15, 0.2) is 36.4 Å². The lowest BCUT2D eigenvalue weighted by Gasteiger charge is -2.18. The van der Waals surface area contributed by atoms with Crippen molar-refractivity contribution in [2.75, 3.05) is 0 Å². The Balaban J connectivity index is 2.33. The number of hydrazine groups is 1. The first-order valence-electron chi connectivity index (χ1n) is 5.86. The van der Waals surface area contributed by atoms with Gasteiger partial charge >= 0.3 is 0 Å². The SMILES string of the molecule is NNC(Cc1cc(F)ccc1Cl)c1cc(Cl)ccc1F. The van der Waals surface area contributed by atoms with Gasteiger partial charge in [0, 0.05) is 15.6 Å². The van der Waals surface area contributed by atoms with E-state index in [1.807, 2.05) is 0 Å². The molecule has 2 aromatic rings. The summed E-state index contributed by atoms with van der Waals surface area (Å²) < 4.78 is 27.1. The molecule has 20 heavy (non-hydrogen) atoms. The Kier molecular flexibility index (Phi) is 4.94. The van der Waals surface area contributed by atoms with Crippen LogP contribution < -0.4 is 11.3 Å². The van der Waals surface area contributed by atoms with Crippen molar-refractivity contribution in [2.45, 2.75) is 12.5 Å². The van der Waals surface area contributed by atoms with Gasteiger partial charge in [0.2, 0.25) is 0 Å². The maximum atomic E-state index is 13.8. The van der Waals surface area contributed by atoms with Crippen LogP contribution in [0.3, 0.4) is 0 Å². The summed E-state index contributed by atoms with van der Waals surface area (Å²) in [6.45, 7) is 0. The number of halogens is 4. The highest BCUT2D eigenvalue weighted by atomic mass is 35.5. The van der Waals surface area contributed by atoms with Crippen molar-refractivity contribution >= 4 is 23.2 Å². The molecular weight excluding hydrogens is 305 g/mol. The van der Waals surface area contributed by atoms with E-state index in [4.69, 9.17) is 29.0 Å². The first-order valence-corrected chi connectivity index (χ1v) is 6.62. The second-order valence-electron chi connectivity index (χ2n) is 4.32. The molecule has 0 heterocycles. The summed E-state index contributed by atoms with van der Waals surface area (Å²) in [7, 11) is 0. The molecule has 1 unspecified atom stereocenters. The molecule has 0 saturated carbocycles. The summed E-state index contributed by atoms with van der Waals surface area (Å²) in [5.41, 5.74) is 3.34. The summed E-state index contributed by atoms with van der Waals surface area (Å²) in [6, 6.07) is 7.64. The van der Waals surface area contributed by atoms with Gasteiger partial charge in [-0.15, -0.1) is 0 Å². The Bertz CT molecular complexity index is 620. The summed E-state index contributed by atoms with van der Waals surface area (Å²) in [5, 5.41) is 0.793. The minimum atomic E-state index is -0.562. The van der Waals surface area contributed by atoms with Crippen LogP contribution >= 0.6 is 23.2 Å². The second kappa shape index (κ2) is 6.50. The molecule has 0 amide bonds. The Morgan fingerprint density at radius 3 is 2.55 bits per heavy atom. The minimum absolute atomic E-state index is 0.240. The molecule has 0 saturated heterocycles. The predicted octanol–water partition coefficient (Wildman–Crippen LogP) is 4.02. The fraction of sp³-hybridized carbons (Fsp3) is 0.143. The Labute approximate surface area is 125 Å². The van der Waals surface area contributed by atoms with Gasteiger partial charge in [0.25, 0.3) is 0 Å². The highest BCUT2D eigenvalue weighted by Crippen LogP contribution is 2.27. The third-order valence-electron chi connectivity index (χ3n) is 2.97. The van der Waals surface area contributed by atoms with Crippen molar-refractivity contribution in [2.24, 2.45) is 5.84 Å². The zero-order valence-corrected chi connectivity index (χ0v) is 11.8. The maximum absolute atomic E-state index is 13.8. The van der Waals surface area contributed by atoms with Gasteiger partial charge in [-0.1, -0.05) is 23.2 Å². The lowest BCUT2D eigenvalue weighted by atomic mass is 9.99. The first kappa shape index (κ1) is 15.2. The molecule has 106 valence electrons. The minimum Gasteiger partial charge on any atom is -0.271 e. The van der Waals surface area contributed by atoms with E-state index in [9.17, 15) is 8.78 Å². The second-order valence-corrected chi connectivity index (χ2v) is 5.17. The largest absolute Gasteiger partial charge is 0.271 e. The average Bonchev–Trinajstić information content (AvgIpc) is 2.42. The Hall–Kier alpha value is -1.20. The first-order chi connectivity index (χ1) is 9.51. The van der Waals surface area contributed by atoms with Crippen molar-refractivity contribution in [3.8, 4) is 0 Å². The van der Waals surface area contributed by atoms with Crippen LogP contribution in [0.1, 0.15) is 17.2 Å². The van der Waals surface area contributed by atoms with Gasteiger partial charge in [-0.3, -0.25) is 11.3 Å². The van der Waals surface area contributed by atoms with Crippen molar-refractivity contribution in [3.05, 3.63) is 69.2 Å². The standard InChI is InChI=1S/C14H12Cl2F2N2/c15-9-1-4-13(18)11(7-9)14(20-19)6-8-5-10(17)2-3-12(8)16/h1-5,7,14,20H,6,19H2. The molecule has 2 aromatic carbocycles. The molecule has 1 atom stereocenters. The Morgan fingerprint density at radius 1 is 1.10 bits per heavy atom. The molecule has 0 spiro atoms. The van der Waals surface area contributed by atoms with E-state index in [1.54, 1.807) is 0 Å². The van der Waals surface area contributed by atoms with Crippen LogP contribution in [0, 0.1) is 11.6 Å². The van der Waals surface area contributed by atoms with Gasteiger partial charge in [-0.25, -0.2) is 8.78 Å². The summed E-state index contributed by atoms with van der Waals surface area (Å²) in [4.78, 5) is 0. The summed E-state index contributed by atoms with van der Waals surface area (Å²) >= 11 is 11.9. The molecule has 0 aliphatic rings. The molecule has 2 rings (SSSR count). The molecule has 6 heteroatoms. The molecule has 0 bridgehead atoms. The molecule has 0 aromatic heterocycles. The highest BCUT2D eigenvalue weighted by molar-refractivity contribution is 6.31. The monoisotopic (exact) mass is 316 g/mol. The predicted molar refractivity (Wildman–Crippen MR) is 76.6 cm³/mol. The molecule has 3 N–H and O–H groups in total. The Morgan fingerprint density at radius 2 is 1.85 bits per heavy atom. The van der Waals surface area contributed by atoms with E-state index in [2.05, 4.69) is 5.43 Å². The normalized spacial score (nSPS) is 12.4. The quantitative estimate of drug-likeness (QED) is 0.660. The lowest BCUT2D eigenvalue weighted by Crippen LogP contribution is -2.30. The van der Waals surface area contributed by atoms with Crippen LogP contribution in [0.25, 0.3) is 0 Å². The van der Waals surface area contributed by atoms with E-state index in [-0.39, 0.29) is 6.42 Å². The molecule has 0 radical (unpaired) electrons. The zero-order chi connectivity index (χ0) is 14.7. The number of hydrogen-bond acceptors (Lipinski definition) is 2. The lowest BCUT2D eigenvalue weighted by molar-refractivity contribution is 0.509. The fourth-order valence-electron chi connectivity index (χ4n) is 1.96. The average molecular weight is 317 g/mol. The van der Waals surface area contributed by atoms with Crippen molar-refractivity contribution in [1.82, 2.24) is 5.43 Å². The molecule has 0 aliphatic heterocycles. The number of nitrogens with one attached hydrogen (secondary N) is 1.